The molecule has 0 spiro atoms. The van der Waals surface area contributed by atoms with Gasteiger partial charge >= 0.3 is 0 Å². The Balaban J connectivity index is 2.03. The number of fused-ring (bicyclic) bond motifs is 1. The summed E-state index contributed by atoms with van der Waals surface area (Å²) in [6, 6.07) is 7.02. The fourth-order valence-electron chi connectivity index (χ4n) is 3.00. The second-order valence-electron chi connectivity index (χ2n) is 5.49. The van der Waals surface area contributed by atoms with E-state index >= 15 is 0 Å². The number of ether oxygens (including phenoxy) is 1. The number of benzene rings is 1. The van der Waals surface area contributed by atoms with Gasteiger partial charge in [0.1, 0.15) is 5.75 Å². The van der Waals surface area contributed by atoms with Crippen LogP contribution in [0.3, 0.4) is 0 Å². The number of methoxy groups -OCH3 is 1. The van der Waals surface area contributed by atoms with Gasteiger partial charge in [-0.3, -0.25) is 0 Å². The van der Waals surface area contributed by atoms with Gasteiger partial charge in [0.05, 0.1) is 7.11 Å². The quantitative estimate of drug-likeness (QED) is 0.762. The van der Waals surface area contributed by atoms with Gasteiger partial charge in [0.2, 0.25) is 0 Å². The fraction of sp³-hybridized carbons (Fsp3) is 0.647. The molecule has 0 heterocycles. The van der Waals surface area contributed by atoms with E-state index in [1.54, 1.807) is 7.11 Å². The van der Waals surface area contributed by atoms with Gasteiger partial charge in [-0.15, -0.1) is 0 Å². The van der Waals surface area contributed by atoms with Gasteiger partial charge in [-0.25, -0.2) is 0 Å². The van der Waals surface area contributed by atoms with Crippen LogP contribution in [-0.2, 0) is 6.42 Å². The number of aryl methyl sites for hydroxylation is 1. The number of rotatable bonds is 7. The lowest BCUT2D eigenvalue weighted by Crippen LogP contribution is -2.32. The van der Waals surface area contributed by atoms with Gasteiger partial charge in [-0.1, -0.05) is 25.8 Å². The predicted molar refractivity (Wildman–Crippen MR) is 88.9 cm³/mol. The maximum absolute atomic E-state index is 5.34. The first-order valence-corrected chi connectivity index (χ1v) is 8.80. The molecule has 2 atom stereocenters. The van der Waals surface area contributed by atoms with Crippen LogP contribution in [0.15, 0.2) is 18.2 Å². The lowest BCUT2D eigenvalue weighted by Gasteiger charge is -2.33. The first kappa shape index (κ1) is 15.7. The summed E-state index contributed by atoms with van der Waals surface area (Å²) in [5.74, 6) is 2.27. The standard InChI is InChI=1S/C17H27NOS/c1-4-5-6-11-20-16-10-7-13-12-14(19-3)8-9-15(13)17(16)18-2/h8-9,12,16-18H,4-7,10-11H2,1-3H3. The van der Waals surface area contributed by atoms with Crippen LogP contribution in [0.1, 0.15) is 49.8 Å². The molecule has 0 radical (unpaired) electrons. The Morgan fingerprint density at radius 3 is 2.90 bits per heavy atom. The third-order valence-electron chi connectivity index (χ3n) is 4.15. The Bertz CT molecular complexity index is 421. The Morgan fingerprint density at radius 1 is 1.35 bits per heavy atom. The van der Waals surface area contributed by atoms with Gasteiger partial charge in [0.15, 0.2) is 0 Å². The molecule has 112 valence electrons. The Hall–Kier alpha value is -0.670. The van der Waals surface area contributed by atoms with E-state index < -0.39 is 0 Å². The average Bonchev–Trinajstić information content (AvgIpc) is 2.50. The van der Waals surface area contributed by atoms with Crippen LogP contribution in [-0.4, -0.2) is 25.2 Å². The summed E-state index contributed by atoms with van der Waals surface area (Å²) < 4.78 is 5.34. The van der Waals surface area contributed by atoms with Crippen molar-refractivity contribution >= 4 is 11.8 Å². The summed E-state index contributed by atoms with van der Waals surface area (Å²) in [6.07, 6.45) is 6.46. The molecule has 0 bridgehead atoms. The molecular weight excluding hydrogens is 266 g/mol. The highest BCUT2D eigenvalue weighted by Gasteiger charge is 2.28. The van der Waals surface area contributed by atoms with Crippen LogP contribution in [0.25, 0.3) is 0 Å². The molecule has 0 amide bonds. The largest absolute Gasteiger partial charge is 0.497 e. The molecule has 0 saturated heterocycles. The van der Waals surface area contributed by atoms with Crippen LogP contribution < -0.4 is 10.1 Å². The third-order valence-corrected chi connectivity index (χ3v) is 5.61. The fourth-order valence-corrected chi connectivity index (χ4v) is 4.43. The molecule has 1 N–H and O–H groups in total. The number of unbranched alkanes of at least 4 members (excludes halogenated alkanes) is 2. The van der Waals surface area contributed by atoms with Gasteiger partial charge in [-0.2, -0.15) is 11.8 Å². The topological polar surface area (TPSA) is 21.3 Å². The zero-order chi connectivity index (χ0) is 14.4. The van der Waals surface area contributed by atoms with Gasteiger partial charge < -0.3 is 10.1 Å². The minimum atomic E-state index is 0.483. The molecule has 1 aromatic rings. The van der Waals surface area contributed by atoms with Crippen molar-refractivity contribution < 1.29 is 4.74 Å². The van der Waals surface area contributed by atoms with Crippen LogP contribution in [0.5, 0.6) is 5.75 Å². The Labute approximate surface area is 127 Å². The minimum absolute atomic E-state index is 0.483. The van der Waals surface area contributed by atoms with Crippen LogP contribution in [0, 0.1) is 0 Å². The molecule has 0 fully saturated rings. The van der Waals surface area contributed by atoms with Crippen molar-refractivity contribution in [3.63, 3.8) is 0 Å². The molecule has 2 nitrogen and oxygen atoms in total. The highest BCUT2D eigenvalue weighted by atomic mass is 32.2. The van der Waals surface area contributed by atoms with Gasteiger partial charge in [-0.05, 0) is 55.3 Å². The minimum Gasteiger partial charge on any atom is -0.497 e. The molecular formula is C17H27NOS. The molecule has 0 saturated carbocycles. The molecule has 1 aliphatic carbocycles. The molecule has 2 rings (SSSR count). The van der Waals surface area contributed by atoms with E-state index in [9.17, 15) is 0 Å². The van der Waals surface area contributed by atoms with Gasteiger partial charge in [0, 0.05) is 11.3 Å². The zero-order valence-electron chi connectivity index (χ0n) is 12.9. The van der Waals surface area contributed by atoms with Crippen molar-refractivity contribution in [3.8, 4) is 5.75 Å². The van der Waals surface area contributed by atoms with Gasteiger partial charge in [0.25, 0.3) is 0 Å². The summed E-state index contributed by atoms with van der Waals surface area (Å²) in [5, 5.41) is 4.23. The van der Waals surface area contributed by atoms with Crippen LogP contribution in [0.2, 0.25) is 0 Å². The molecule has 0 aliphatic heterocycles. The summed E-state index contributed by atoms with van der Waals surface area (Å²) >= 11 is 2.15. The van der Waals surface area contributed by atoms with E-state index in [1.165, 1.54) is 49.0 Å². The summed E-state index contributed by atoms with van der Waals surface area (Å²) in [5.41, 5.74) is 2.92. The first-order valence-electron chi connectivity index (χ1n) is 7.75. The first-order chi connectivity index (χ1) is 9.80. The van der Waals surface area contributed by atoms with E-state index in [2.05, 4.69) is 49.2 Å². The van der Waals surface area contributed by atoms with Crippen molar-refractivity contribution in [1.82, 2.24) is 5.32 Å². The predicted octanol–water partition coefficient (Wildman–Crippen LogP) is 4.19. The number of hydrogen-bond acceptors (Lipinski definition) is 3. The van der Waals surface area contributed by atoms with Crippen molar-refractivity contribution in [2.75, 3.05) is 19.9 Å². The normalized spacial score (nSPS) is 21.6. The molecule has 0 aromatic heterocycles. The number of hydrogen-bond donors (Lipinski definition) is 1. The Kier molecular flexibility index (Phi) is 6.24. The monoisotopic (exact) mass is 293 g/mol. The van der Waals surface area contributed by atoms with Crippen molar-refractivity contribution in [2.45, 2.75) is 50.3 Å². The molecule has 20 heavy (non-hydrogen) atoms. The lowest BCUT2D eigenvalue weighted by atomic mass is 9.87. The third kappa shape index (κ3) is 3.70. The SMILES string of the molecule is CCCCCSC1CCc2cc(OC)ccc2C1NC. The zero-order valence-corrected chi connectivity index (χ0v) is 13.8. The van der Waals surface area contributed by atoms with Crippen molar-refractivity contribution in [3.05, 3.63) is 29.3 Å². The van der Waals surface area contributed by atoms with E-state index in [1.807, 2.05) is 0 Å². The number of thioether (sulfide) groups is 1. The molecule has 3 heteroatoms. The molecule has 1 aliphatic rings. The highest BCUT2D eigenvalue weighted by molar-refractivity contribution is 7.99. The smallest absolute Gasteiger partial charge is 0.119 e. The Morgan fingerprint density at radius 2 is 2.20 bits per heavy atom. The summed E-state index contributed by atoms with van der Waals surface area (Å²) in [7, 11) is 3.83. The van der Waals surface area contributed by atoms with Crippen molar-refractivity contribution in [1.29, 1.82) is 0 Å². The van der Waals surface area contributed by atoms with Crippen molar-refractivity contribution in [2.24, 2.45) is 0 Å². The lowest BCUT2D eigenvalue weighted by molar-refractivity contribution is 0.412. The maximum Gasteiger partial charge on any atom is 0.119 e. The molecule has 1 aromatic carbocycles. The van der Waals surface area contributed by atoms with Crippen LogP contribution >= 0.6 is 11.8 Å². The van der Waals surface area contributed by atoms with E-state index in [0.29, 0.717) is 11.3 Å². The summed E-state index contributed by atoms with van der Waals surface area (Å²) in [4.78, 5) is 0. The highest BCUT2D eigenvalue weighted by Crippen LogP contribution is 2.38. The van der Waals surface area contributed by atoms with Crippen LogP contribution in [0.4, 0.5) is 0 Å². The van der Waals surface area contributed by atoms with E-state index in [4.69, 9.17) is 4.74 Å². The number of nitrogens with one attached hydrogen (secondary N) is 1. The average molecular weight is 293 g/mol. The maximum atomic E-state index is 5.34. The summed E-state index contributed by atoms with van der Waals surface area (Å²) in [6.45, 7) is 2.27. The van der Waals surface area contributed by atoms with E-state index in [-0.39, 0.29) is 0 Å². The second kappa shape index (κ2) is 7.94. The molecule has 2 unspecified atom stereocenters. The second-order valence-corrected chi connectivity index (χ2v) is 6.83. The van der Waals surface area contributed by atoms with E-state index in [0.717, 1.165) is 5.75 Å².